The van der Waals surface area contributed by atoms with E-state index in [4.69, 9.17) is 4.74 Å². The van der Waals surface area contributed by atoms with Crippen molar-refractivity contribution in [2.75, 3.05) is 33.8 Å². The van der Waals surface area contributed by atoms with E-state index in [1.807, 2.05) is 110 Å². The van der Waals surface area contributed by atoms with Gasteiger partial charge in [-0.05, 0) is 37.2 Å². The first-order valence-electron chi connectivity index (χ1n) is 12.6. The Morgan fingerprint density at radius 2 is 1.38 bits per heavy atom. The Bertz CT molecular complexity index is 1080. The third kappa shape index (κ3) is 9.37. The molecular weight excluding hydrogens is 466 g/mol. The van der Waals surface area contributed by atoms with Gasteiger partial charge < -0.3 is 25.0 Å². The number of hydrogen-bond donors (Lipinski definition) is 2. The fourth-order valence-electron chi connectivity index (χ4n) is 4.12. The summed E-state index contributed by atoms with van der Waals surface area (Å²) in [5.74, 6) is -0.503. The molecular formula is C30H37N3O4. The fraction of sp³-hybridized carbons (Fsp3) is 0.333. The minimum Gasteiger partial charge on any atom is -0.459 e. The van der Waals surface area contributed by atoms with E-state index in [2.05, 4.69) is 5.32 Å². The highest BCUT2D eigenvalue weighted by Gasteiger charge is 2.29. The topological polar surface area (TPSA) is 82.1 Å². The molecule has 0 saturated heterocycles. The van der Waals surface area contributed by atoms with E-state index in [1.54, 1.807) is 4.90 Å². The lowest BCUT2D eigenvalue weighted by atomic mass is 10.1. The van der Waals surface area contributed by atoms with Gasteiger partial charge in [-0.15, -0.1) is 0 Å². The number of benzene rings is 3. The lowest BCUT2D eigenvalue weighted by Gasteiger charge is -2.33. The maximum Gasteiger partial charge on any atom is 0.329 e. The molecule has 0 saturated carbocycles. The van der Waals surface area contributed by atoms with Crippen molar-refractivity contribution in [3.63, 3.8) is 0 Å². The average Bonchev–Trinajstić information content (AvgIpc) is 2.92. The zero-order valence-corrected chi connectivity index (χ0v) is 21.6. The molecule has 2 atom stereocenters. The molecule has 0 aliphatic carbocycles. The molecule has 3 aromatic carbocycles. The van der Waals surface area contributed by atoms with Gasteiger partial charge in [-0.1, -0.05) is 91.0 Å². The average molecular weight is 504 g/mol. The Labute approximate surface area is 219 Å². The van der Waals surface area contributed by atoms with Crippen molar-refractivity contribution in [1.82, 2.24) is 15.1 Å². The van der Waals surface area contributed by atoms with E-state index in [9.17, 15) is 14.7 Å². The van der Waals surface area contributed by atoms with Crippen LogP contribution in [-0.2, 0) is 29.0 Å². The molecule has 0 aromatic heterocycles. The molecule has 3 aromatic rings. The summed E-state index contributed by atoms with van der Waals surface area (Å²) in [5, 5.41) is 13.0. The zero-order valence-electron chi connectivity index (χ0n) is 21.6. The first-order chi connectivity index (χ1) is 18.0. The molecule has 0 spiro atoms. The van der Waals surface area contributed by atoms with Crippen molar-refractivity contribution in [2.24, 2.45) is 0 Å². The van der Waals surface area contributed by atoms with Gasteiger partial charge in [-0.2, -0.15) is 0 Å². The van der Waals surface area contributed by atoms with Crippen molar-refractivity contribution < 1.29 is 19.4 Å². The van der Waals surface area contributed by atoms with Crippen LogP contribution in [0.2, 0.25) is 0 Å². The van der Waals surface area contributed by atoms with Crippen LogP contribution in [0, 0.1) is 0 Å². The molecule has 7 nitrogen and oxygen atoms in total. The Hall–Kier alpha value is -3.68. The maximum absolute atomic E-state index is 13.6. The maximum atomic E-state index is 13.6. The Kier molecular flexibility index (Phi) is 11.1. The number of rotatable bonds is 13. The molecule has 0 radical (unpaired) electrons. The van der Waals surface area contributed by atoms with E-state index >= 15 is 0 Å². The summed E-state index contributed by atoms with van der Waals surface area (Å²) in [6, 6.07) is 27.1. The highest BCUT2D eigenvalue weighted by Crippen LogP contribution is 2.11. The van der Waals surface area contributed by atoms with Crippen molar-refractivity contribution in [1.29, 1.82) is 0 Å². The lowest BCUT2D eigenvalue weighted by Crippen LogP contribution is -2.55. The molecule has 2 amide bonds. The quantitative estimate of drug-likeness (QED) is 0.349. The molecule has 196 valence electrons. The molecule has 2 N–H and O–H groups in total. The summed E-state index contributed by atoms with van der Waals surface area (Å²) >= 11 is 0. The van der Waals surface area contributed by atoms with Gasteiger partial charge in [0.15, 0.2) is 0 Å². The summed E-state index contributed by atoms with van der Waals surface area (Å²) in [6.45, 7) is 0.813. The van der Waals surface area contributed by atoms with Crippen LogP contribution in [0.25, 0.3) is 0 Å². The highest BCUT2D eigenvalue weighted by atomic mass is 16.5. The Balaban J connectivity index is 1.77. The molecule has 37 heavy (non-hydrogen) atoms. The van der Waals surface area contributed by atoms with Gasteiger partial charge in [-0.3, -0.25) is 0 Å². The summed E-state index contributed by atoms with van der Waals surface area (Å²) in [7, 11) is 3.80. The molecule has 1 unspecified atom stereocenters. The molecule has 0 fully saturated rings. The van der Waals surface area contributed by atoms with Crippen LogP contribution in [0.5, 0.6) is 0 Å². The number of carbonyl (C=O) groups excluding carboxylic acids is 2. The van der Waals surface area contributed by atoms with Crippen LogP contribution in [-0.4, -0.2) is 72.8 Å². The molecule has 0 bridgehead atoms. The van der Waals surface area contributed by atoms with Crippen molar-refractivity contribution in [2.45, 2.75) is 31.5 Å². The van der Waals surface area contributed by atoms with E-state index in [0.29, 0.717) is 25.9 Å². The van der Waals surface area contributed by atoms with Crippen LogP contribution in [0.1, 0.15) is 16.7 Å². The first-order valence-corrected chi connectivity index (χ1v) is 12.6. The van der Waals surface area contributed by atoms with Gasteiger partial charge in [0.25, 0.3) is 0 Å². The van der Waals surface area contributed by atoms with Crippen LogP contribution >= 0.6 is 0 Å². The number of urea groups is 1. The van der Waals surface area contributed by atoms with Crippen LogP contribution in [0.3, 0.4) is 0 Å². The Morgan fingerprint density at radius 3 is 1.92 bits per heavy atom. The number of aliphatic hydroxyl groups is 1. The fourth-order valence-corrected chi connectivity index (χ4v) is 4.12. The summed E-state index contributed by atoms with van der Waals surface area (Å²) in [5.41, 5.74) is 2.87. The highest BCUT2D eigenvalue weighted by molar-refractivity contribution is 5.84. The smallest absolute Gasteiger partial charge is 0.329 e. The lowest BCUT2D eigenvalue weighted by molar-refractivity contribution is -0.147. The standard InChI is InChI=1S/C30H37N3O4/c1-32(2)21-27(22-34)33(19-18-24-12-6-3-7-13-24)30(36)31-28(20-25-14-8-4-9-15-25)29(35)37-23-26-16-10-5-11-17-26/h3-17,27-28,34H,18-23H2,1-2H3,(H,31,36)/t27?,28-/m0/s1. The van der Waals surface area contributed by atoms with E-state index in [-0.39, 0.29) is 13.2 Å². The van der Waals surface area contributed by atoms with Gasteiger partial charge in [0.05, 0.1) is 12.6 Å². The summed E-state index contributed by atoms with van der Waals surface area (Å²) in [6.07, 6.45) is 0.921. The van der Waals surface area contributed by atoms with Gasteiger partial charge in [0, 0.05) is 19.5 Å². The van der Waals surface area contributed by atoms with Crippen LogP contribution < -0.4 is 5.32 Å². The predicted molar refractivity (Wildman–Crippen MR) is 145 cm³/mol. The van der Waals surface area contributed by atoms with Crippen LogP contribution in [0.15, 0.2) is 91.0 Å². The van der Waals surface area contributed by atoms with Gasteiger partial charge >= 0.3 is 12.0 Å². The molecule has 0 heterocycles. The normalized spacial score (nSPS) is 12.5. The number of ether oxygens (including phenoxy) is 1. The number of likely N-dealkylation sites (N-methyl/N-ethyl adjacent to an activating group) is 1. The Morgan fingerprint density at radius 1 is 0.838 bits per heavy atom. The SMILES string of the molecule is CN(C)CC(CO)N(CCc1ccccc1)C(=O)N[C@@H](Cc1ccccc1)C(=O)OCc1ccccc1. The monoisotopic (exact) mass is 503 g/mol. The largest absolute Gasteiger partial charge is 0.459 e. The second kappa shape index (κ2) is 14.8. The molecule has 0 aliphatic rings. The number of nitrogens with one attached hydrogen (secondary N) is 1. The van der Waals surface area contributed by atoms with Gasteiger partial charge in [0.1, 0.15) is 12.6 Å². The summed E-state index contributed by atoms with van der Waals surface area (Å²) in [4.78, 5) is 30.3. The third-order valence-electron chi connectivity index (χ3n) is 6.06. The molecule has 7 heteroatoms. The number of esters is 1. The second-order valence-corrected chi connectivity index (χ2v) is 9.31. The van der Waals surface area contributed by atoms with Gasteiger partial charge in [0.2, 0.25) is 0 Å². The molecule has 0 aliphatic heterocycles. The number of amides is 2. The van der Waals surface area contributed by atoms with Gasteiger partial charge in [-0.25, -0.2) is 9.59 Å². The minimum atomic E-state index is -0.878. The van der Waals surface area contributed by atoms with E-state index < -0.39 is 24.1 Å². The molecule has 3 rings (SSSR count). The van der Waals surface area contributed by atoms with E-state index in [1.165, 1.54) is 0 Å². The van der Waals surface area contributed by atoms with Crippen molar-refractivity contribution >= 4 is 12.0 Å². The predicted octanol–water partition coefficient (Wildman–Crippen LogP) is 3.52. The van der Waals surface area contributed by atoms with E-state index in [0.717, 1.165) is 16.7 Å². The third-order valence-corrected chi connectivity index (χ3v) is 6.06. The summed E-state index contributed by atoms with van der Waals surface area (Å²) < 4.78 is 5.59. The number of nitrogens with zero attached hydrogens (tertiary/aromatic N) is 2. The van der Waals surface area contributed by atoms with Crippen LogP contribution in [0.4, 0.5) is 4.79 Å². The van der Waals surface area contributed by atoms with Crippen molar-refractivity contribution in [3.05, 3.63) is 108 Å². The van der Waals surface area contributed by atoms with Crippen molar-refractivity contribution in [3.8, 4) is 0 Å². The number of carbonyl (C=O) groups is 2. The number of aliphatic hydroxyl groups excluding tert-OH is 1. The first kappa shape index (κ1) is 27.9. The minimum absolute atomic E-state index is 0.123. The zero-order chi connectivity index (χ0) is 26.5. The second-order valence-electron chi connectivity index (χ2n) is 9.31. The number of hydrogen-bond acceptors (Lipinski definition) is 5.